The van der Waals surface area contributed by atoms with E-state index in [0.29, 0.717) is 28.4 Å². The first-order valence-corrected chi connectivity index (χ1v) is 14.4. The summed E-state index contributed by atoms with van der Waals surface area (Å²) >= 11 is 6.15. The Hall–Kier alpha value is -3.02. The van der Waals surface area contributed by atoms with Gasteiger partial charge in [-0.1, -0.05) is 36.8 Å². The lowest BCUT2D eigenvalue weighted by Gasteiger charge is -2.20. The summed E-state index contributed by atoms with van der Waals surface area (Å²) in [5.41, 5.74) is 0.283. The highest BCUT2D eigenvalue weighted by Crippen LogP contribution is 2.25. The molecule has 0 N–H and O–H groups in total. The van der Waals surface area contributed by atoms with E-state index in [0.717, 1.165) is 12.8 Å². The fraction of sp³-hybridized carbons (Fsp3) is 0.448. The average molecular weight is 562 g/mol. The summed E-state index contributed by atoms with van der Waals surface area (Å²) in [6, 6.07) is 9.33. The third-order valence-corrected chi connectivity index (χ3v) is 7.81. The van der Waals surface area contributed by atoms with Crippen molar-refractivity contribution >= 4 is 33.3 Å². The van der Waals surface area contributed by atoms with Gasteiger partial charge in [-0.05, 0) is 77.4 Å². The van der Waals surface area contributed by atoms with Crippen molar-refractivity contribution in [3.63, 3.8) is 0 Å². The second-order valence-corrected chi connectivity index (χ2v) is 13.1. The van der Waals surface area contributed by atoms with E-state index in [-0.39, 0.29) is 23.0 Å². The lowest BCUT2D eigenvalue weighted by molar-refractivity contribution is -0.157. The second kappa shape index (κ2) is 13.2. The van der Waals surface area contributed by atoms with Crippen LogP contribution in [-0.2, 0) is 19.4 Å². The Morgan fingerprint density at radius 1 is 1.08 bits per heavy atom. The molecule has 1 amide bonds. The van der Waals surface area contributed by atoms with Crippen LogP contribution >= 0.6 is 11.6 Å². The van der Waals surface area contributed by atoms with Gasteiger partial charge < -0.3 is 14.4 Å². The van der Waals surface area contributed by atoms with Crippen LogP contribution < -0.4 is 4.74 Å². The predicted molar refractivity (Wildman–Crippen MR) is 149 cm³/mol. The summed E-state index contributed by atoms with van der Waals surface area (Å²) < 4.78 is 37.2. The summed E-state index contributed by atoms with van der Waals surface area (Å²) in [5.74, 6) is 5.33. The fourth-order valence-corrected chi connectivity index (χ4v) is 4.77. The van der Waals surface area contributed by atoms with E-state index in [1.54, 1.807) is 65.9 Å². The Bertz CT molecular complexity index is 1330. The topological polar surface area (TPSA) is 90.0 Å². The molecule has 206 valence electrons. The number of carbonyl (C=O) groups excluding carboxylic acids is 2. The number of ether oxygens (including phenoxy) is 2. The summed E-state index contributed by atoms with van der Waals surface area (Å²) in [6.07, 6.45) is 1.73. The molecule has 2 aromatic carbocycles. The van der Waals surface area contributed by atoms with Crippen molar-refractivity contribution in [3.8, 4) is 17.6 Å². The maximum atomic E-state index is 13.2. The molecule has 2 aromatic rings. The zero-order valence-corrected chi connectivity index (χ0v) is 24.6. The van der Waals surface area contributed by atoms with Gasteiger partial charge in [-0.3, -0.25) is 4.79 Å². The van der Waals surface area contributed by atoms with Crippen molar-refractivity contribution in [2.75, 3.05) is 20.2 Å². The van der Waals surface area contributed by atoms with Gasteiger partial charge in [0.2, 0.25) is 0 Å². The molecule has 0 aliphatic heterocycles. The van der Waals surface area contributed by atoms with Gasteiger partial charge in [0, 0.05) is 24.2 Å². The molecule has 2 rings (SSSR count). The van der Waals surface area contributed by atoms with Crippen molar-refractivity contribution in [3.05, 3.63) is 58.1 Å². The van der Waals surface area contributed by atoms with Gasteiger partial charge in [-0.25, -0.2) is 13.2 Å². The van der Waals surface area contributed by atoms with Gasteiger partial charge in [-0.15, -0.1) is 0 Å². The van der Waals surface area contributed by atoms with Gasteiger partial charge in [0.15, 0.2) is 16.4 Å². The minimum absolute atomic E-state index is 0.0554. The van der Waals surface area contributed by atoms with E-state index in [1.165, 1.54) is 17.0 Å². The molecule has 0 fully saturated rings. The number of sulfone groups is 1. The molecular weight excluding hydrogens is 526 g/mol. The lowest BCUT2D eigenvalue weighted by Crippen LogP contribution is -2.30. The van der Waals surface area contributed by atoms with Gasteiger partial charge in [0.1, 0.15) is 11.4 Å². The molecule has 38 heavy (non-hydrogen) atoms. The molecule has 0 aliphatic rings. The normalized spacial score (nSPS) is 11.5. The highest BCUT2D eigenvalue weighted by Gasteiger charge is 2.27. The van der Waals surface area contributed by atoms with E-state index in [4.69, 9.17) is 21.1 Å². The third-order valence-electron chi connectivity index (χ3n) is 5.38. The van der Waals surface area contributed by atoms with Gasteiger partial charge in [0.05, 0.1) is 21.3 Å². The van der Waals surface area contributed by atoms with Crippen LogP contribution in [0.4, 0.5) is 0 Å². The van der Waals surface area contributed by atoms with Crippen LogP contribution in [0.5, 0.6) is 5.75 Å². The summed E-state index contributed by atoms with van der Waals surface area (Å²) in [5, 5.41) is -0.308. The zero-order valence-electron chi connectivity index (χ0n) is 23.1. The molecule has 0 atom stereocenters. The average Bonchev–Trinajstić information content (AvgIpc) is 2.83. The quantitative estimate of drug-likeness (QED) is 0.296. The monoisotopic (exact) mass is 561 g/mol. The number of halogens is 1. The van der Waals surface area contributed by atoms with E-state index >= 15 is 0 Å². The largest absolute Gasteiger partial charge is 0.481 e. The fourth-order valence-electron chi connectivity index (χ4n) is 3.34. The van der Waals surface area contributed by atoms with Crippen LogP contribution in [-0.4, -0.2) is 56.2 Å². The highest BCUT2D eigenvalue weighted by atomic mass is 35.5. The maximum absolute atomic E-state index is 13.2. The first kappa shape index (κ1) is 31.2. The number of amides is 1. The van der Waals surface area contributed by atoms with Crippen molar-refractivity contribution in [2.45, 2.75) is 70.1 Å². The van der Waals surface area contributed by atoms with Crippen LogP contribution in [0.25, 0.3) is 0 Å². The molecular formula is C29H36ClNO6S. The molecule has 0 aromatic heterocycles. The Morgan fingerprint density at radius 3 is 2.37 bits per heavy atom. The number of carbonyl (C=O) groups is 2. The van der Waals surface area contributed by atoms with E-state index < -0.39 is 26.7 Å². The number of rotatable bonds is 9. The third kappa shape index (κ3) is 8.78. The van der Waals surface area contributed by atoms with E-state index in [1.807, 2.05) is 6.92 Å². The molecule has 0 heterocycles. The molecule has 9 heteroatoms. The van der Waals surface area contributed by atoms with Crippen LogP contribution in [0, 0.1) is 11.8 Å². The van der Waals surface area contributed by atoms with Crippen molar-refractivity contribution in [2.24, 2.45) is 0 Å². The Kier molecular flexibility index (Phi) is 10.8. The second-order valence-electron chi connectivity index (χ2n) is 10.2. The highest BCUT2D eigenvalue weighted by molar-refractivity contribution is 7.92. The number of esters is 1. The van der Waals surface area contributed by atoms with Crippen LogP contribution in [0.15, 0.2) is 41.3 Å². The first-order valence-electron chi connectivity index (χ1n) is 12.4. The molecule has 0 saturated carbocycles. The number of hydrogen-bond acceptors (Lipinski definition) is 6. The van der Waals surface area contributed by atoms with Gasteiger partial charge >= 0.3 is 5.97 Å². The zero-order chi connectivity index (χ0) is 28.7. The number of nitrogens with zero attached hydrogens (tertiary/aromatic N) is 1. The SMILES string of the molecule is CCCCN(C)C(=O)c1ccc(C#Cc2cc(Cl)ccc2OCC(=O)OC(C)(C)C)cc1S(=O)(=O)C(C)C. The number of hydrogen-bond donors (Lipinski definition) is 0. The van der Waals surface area contributed by atoms with Crippen molar-refractivity contribution in [1.29, 1.82) is 0 Å². The molecule has 7 nitrogen and oxygen atoms in total. The van der Waals surface area contributed by atoms with Crippen molar-refractivity contribution in [1.82, 2.24) is 4.90 Å². The Morgan fingerprint density at radius 2 is 1.76 bits per heavy atom. The minimum atomic E-state index is -3.77. The summed E-state index contributed by atoms with van der Waals surface area (Å²) in [4.78, 5) is 26.6. The lowest BCUT2D eigenvalue weighted by atomic mass is 10.1. The summed E-state index contributed by atoms with van der Waals surface area (Å²) in [7, 11) is -2.11. The van der Waals surface area contributed by atoms with Crippen molar-refractivity contribution < 1.29 is 27.5 Å². The Balaban J connectivity index is 2.45. The molecule has 0 radical (unpaired) electrons. The molecule has 0 spiro atoms. The standard InChI is InChI=1S/C29H36ClNO6S/c1-8-9-16-31(7)28(33)24-14-11-21(17-26(24)38(34,35)20(2)3)10-12-22-18-23(30)13-15-25(22)36-19-27(32)37-29(4,5)6/h11,13-15,17-18,20H,8-9,16,19H2,1-7H3. The molecule has 0 unspecified atom stereocenters. The van der Waals surface area contributed by atoms with Gasteiger partial charge in [-0.2, -0.15) is 0 Å². The smallest absolute Gasteiger partial charge is 0.344 e. The van der Waals surface area contributed by atoms with E-state index in [2.05, 4.69) is 11.8 Å². The number of unbranched alkanes of at least 4 members (excludes halogenated alkanes) is 1. The van der Waals surface area contributed by atoms with Crippen LogP contribution in [0.1, 0.15) is 75.9 Å². The van der Waals surface area contributed by atoms with Crippen LogP contribution in [0.3, 0.4) is 0 Å². The number of benzene rings is 2. The molecule has 0 aliphatic carbocycles. The van der Waals surface area contributed by atoms with E-state index in [9.17, 15) is 18.0 Å². The Labute approximate surface area is 231 Å². The van der Waals surface area contributed by atoms with Gasteiger partial charge in [0.25, 0.3) is 5.91 Å². The molecule has 0 saturated heterocycles. The van der Waals surface area contributed by atoms with Crippen LogP contribution in [0.2, 0.25) is 5.02 Å². The maximum Gasteiger partial charge on any atom is 0.344 e. The summed E-state index contributed by atoms with van der Waals surface area (Å²) in [6.45, 7) is 10.7. The first-order chi connectivity index (χ1) is 17.7. The minimum Gasteiger partial charge on any atom is -0.481 e. The predicted octanol–water partition coefficient (Wildman–Crippen LogP) is 5.51. The molecule has 0 bridgehead atoms.